The number of carbonyl (C=O) groups is 1. The molecule has 2 aromatic carbocycles. The molecule has 3 nitrogen and oxygen atoms in total. The van der Waals surface area contributed by atoms with Crippen LogP contribution in [0.3, 0.4) is 0 Å². The van der Waals surface area contributed by atoms with E-state index >= 15 is 0 Å². The Hall–Kier alpha value is -2.29. The second-order valence-electron chi connectivity index (χ2n) is 5.40. The molecular formula is C18H19NO2. The highest BCUT2D eigenvalue weighted by atomic mass is 16.5. The summed E-state index contributed by atoms with van der Waals surface area (Å²) in [4.78, 5) is 11.8. The number of hydrogen-bond donors (Lipinski definition) is 1. The summed E-state index contributed by atoms with van der Waals surface area (Å²) in [6, 6.07) is 17.8. The summed E-state index contributed by atoms with van der Waals surface area (Å²) in [6.07, 6.45) is 2.47. The normalized spacial score (nSPS) is 13.7. The van der Waals surface area contributed by atoms with Crippen molar-refractivity contribution in [1.82, 2.24) is 5.32 Å². The molecule has 0 spiro atoms. The van der Waals surface area contributed by atoms with Crippen molar-refractivity contribution in [3.05, 3.63) is 54.6 Å². The molecular weight excluding hydrogens is 262 g/mol. The smallest absolute Gasteiger partial charge is 0.257 e. The first kappa shape index (κ1) is 13.7. The Kier molecular flexibility index (Phi) is 4.20. The lowest BCUT2D eigenvalue weighted by Crippen LogP contribution is -2.30. The average molecular weight is 281 g/mol. The summed E-state index contributed by atoms with van der Waals surface area (Å²) in [6.45, 7) is 0.846. The molecule has 1 fully saturated rings. The topological polar surface area (TPSA) is 38.3 Å². The van der Waals surface area contributed by atoms with Crippen molar-refractivity contribution in [3.63, 3.8) is 0 Å². The van der Waals surface area contributed by atoms with E-state index in [4.69, 9.17) is 4.74 Å². The average Bonchev–Trinajstić information content (AvgIpc) is 3.36. The lowest BCUT2D eigenvalue weighted by atomic mass is 10.1. The Morgan fingerprint density at radius 3 is 2.52 bits per heavy atom. The van der Waals surface area contributed by atoms with Gasteiger partial charge in [0.15, 0.2) is 6.61 Å². The van der Waals surface area contributed by atoms with Crippen LogP contribution in [0.2, 0.25) is 0 Å². The minimum atomic E-state index is -0.0511. The van der Waals surface area contributed by atoms with E-state index in [1.807, 2.05) is 54.6 Å². The van der Waals surface area contributed by atoms with Crippen LogP contribution < -0.4 is 10.1 Å². The molecule has 1 amide bonds. The number of benzene rings is 2. The zero-order valence-corrected chi connectivity index (χ0v) is 11.9. The first-order valence-electron chi connectivity index (χ1n) is 7.37. The maximum absolute atomic E-state index is 11.8. The van der Waals surface area contributed by atoms with Gasteiger partial charge in [-0.15, -0.1) is 0 Å². The van der Waals surface area contributed by atoms with E-state index in [-0.39, 0.29) is 12.5 Å². The largest absolute Gasteiger partial charge is 0.483 e. The van der Waals surface area contributed by atoms with E-state index < -0.39 is 0 Å². The zero-order valence-electron chi connectivity index (χ0n) is 11.9. The minimum Gasteiger partial charge on any atom is -0.483 e. The van der Waals surface area contributed by atoms with Gasteiger partial charge in [-0.25, -0.2) is 0 Å². The van der Waals surface area contributed by atoms with Crippen molar-refractivity contribution in [1.29, 1.82) is 0 Å². The third-order valence-corrected chi connectivity index (χ3v) is 3.62. The fourth-order valence-electron chi connectivity index (χ4n) is 2.22. The molecule has 0 aromatic heterocycles. The number of carbonyl (C=O) groups excluding carboxylic acids is 1. The second-order valence-corrected chi connectivity index (χ2v) is 5.40. The second kappa shape index (κ2) is 6.44. The van der Waals surface area contributed by atoms with Gasteiger partial charge in [-0.3, -0.25) is 4.79 Å². The summed E-state index contributed by atoms with van der Waals surface area (Å²) in [5.41, 5.74) is 2.10. The Morgan fingerprint density at radius 1 is 1.05 bits per heavy atom. The van der Waals surface area contributed by atoms with Crippen molar-refractivity contribution in [2.75, 3.05) is 13.2 Å². The summed E-state index contributed by atoms with van der Waals surface area (Å²) in [5, 5.41) is 2.91. The highest BCUT2D eigenvalue weighted by Crippen LogP contribution is 2.29. The van der Waals surface area contributed by atoms with E-state index in [1.54, 1.807) is 0 Å². The standard InChI is InChI=1S/C18H19NO2/c20-18(19-12-14-10-11-14)13-21-17-9-5-4-8-16(17)15-6-2-1-3-7-15/h1-9,14H,10-13H2,(H,19,20). The predicted octanol–water partition coefficient (Wildman–Crippen LogP) is 3.26. The van der Waals surface area contributed by atoms with Crippen molar-refractivity contribution in [2.24, 2.45) is 5.92 Å². The van der Waals surface area contributed by atoms with Crippen LogP contribution in [0, 0.1) is 5.92 Å². The van der Waals surface area contributed by atoms with Gasteiger partial charge in [-0.05, 0) is 30.4 Å². The van der Waals surface area contributed by atoms with Gasteiger partial charge in [0.05, 0.1) is 0 Å². The van der Waals surface area contributed by atoms with Crippen molar-refractivity contribution in [2.45, 2.75) is 12.8 Å². The lowest BCUT2D eigenvalue weighted by molar-refractivity contribution is -0.123. The fourth-order valence-corrected chi connectivity index (χ4v) is 2.22. The molecule has 0 saturated heterocycles. The lowest BCUT2D eigenvalue weighted by Gasteiger charge is -2.11. The van der Waals surface area contributed by atoms with E-state index in [0.29, 0.717) is 5.92 Å². The van der Waals surface area contributed by atoms with Crippen LogP contribution in [0.4, 0.5) is 0 Å². The molecule has 3 heteroatoms. The molecule has 1 N–H and O–H groups in total. The molecule has 0 heterocycles. The maximum Gasteiger partial charge on any atom is 0.257 e. The van der Waals surface area contributed by atoms with Gasteiger partial charge in [0.1, 0.15) is 5.75 Å². The molecule has 0 unspecified atom stereocenters. The number of hydrogen-bond acceptors (Lipinski definition) is 2. The third-order valence-electron chi connectivity index (χ3n) is 3.62. The van der Waals surface area contributed by atoms with Gasteiger partial charge in [-0.2, -0.15) is 0 Å². The van der Waals surface area contributed by atoms with Crippen LogP contribution in [-0.4, -0.2) is 19.1 Å². The number of ether oxygens (including phenoxy) is 1. The molecule has 0 bridgehead atoms. The maximum atomic E-state index is 11.8. The molecule has 21 heavy (non-hydrogen) atoms. The molecule has 3 rings (SSSR count). The monoisotopic (exact) mass is 281 g/mol. The van der Waals surface area contributed by atoms with Crippen LogP contribution in [0.5, 0.6) is 5.75 Å². The van der Waals surface area contributed by atoms with Gasteiger partial charge in [0.2, 0.25) is 0 Å². The first-order valence-corrected chi connectivity index (χ1v) is 7.37. The Morgan fingerprint density at radius 2 is 1.76 bits per heavy atom. The van der Waals surface area contributed by atoms with E-state index in [2.05, 4.69) is 5.32 Å². The third kappa shape index (κ3) is 3.85. The van der Waals surface area contributed by atoms with E-state index in [0.717, 1.165) is 23.4 Å². The Bertz CT molecular complexity index is 606. The van der Waals surface area contributed by atoms with Gasteiger partial charge >= 0.3 is 0 Å². The molecule has 108 valence electrons. The van der Waals surface area contributed by atoms with Crippen molar-refractivity contribution >= 4 is 5.91 Å². The van der Waals surface area contributed by atoms with Crippen molar-refractivity contribution < 1.29 is 9.53 Å². The fraction of sp³-hybridized carbons (Fsp3) is 0.278. The molecule has 0 atom stereocenters. The van der Waals surface area contributed by atoms with Gasteiger partial charge in [-0.1, -0.05) is 48.5 Å². The summed E-state index contributed by atoms with van der Waals surface area (Å²) in [5.74, 6) is 1.38. The van der Waals surface area contributed by atoms with Gasteiger partial charge in [0, 0.05) is 12.1 Å². The Labute approximate surface area is 124 Å². The number of nitrogens with one attached hydrogen (secondary N) is 1. The van der Waals surface area contributed by atoms with Crippen LogP contribution in [0.25, 0.3) is 11.1 Å². The molecule has 1 aliphatic carbocycles. The van der Waals surface area contributed by atoms with Crippen LogP contribution in [-0.2, 0) is 4.79 Å². The van der Waals surface area contributed by atoms with Crippen LogP contribution in [0.1, 0.15) is 12.8 Å². The van der Waals surface area contributed by atoms with E-state index in [9.17, 15) is 4.79 Å². The minimum absolute atomic E-state index is 0.0511. The zero-order chi connectivity index (χ0) is 14.5. The summed E-state index contributed by atoms with van der Waals surface area (Å²) >= 11 is 0. The first-order chi connectivity index (χ1) is 10.3. The van der Waals surface area contributed by atoms with Crippen LogP contribution >= 0.6 is 0 Å². The molecule has 0 radical (unpaired) electrons. The Balaban J connectivity index is 1.63. The quantitative estimate of drug-likeness (QED) is 0.882. The number of rotatable bonds is 6. The molecule has 1 aliphatic rings. The van der Waals surface area contributed by atoms with Crippen LogP contribution in [0.15, 0.2) is 54.6 Å². The predicted molar refractivity (Wildman–Crippen MR) is 83.1 cm³/mol. The number of para-hydroxylation sites is 1. The van der Waals surface area contributed by atoms with Crippen molar-refractivity contribution in [3.8, 4) is 16.9 Å². The van der Waals surface area contributed by atoms with Gasteiger partial charge in [0.25, 0.3) is 5.91 Å². The van der Waals surface area contributed by atoms with E-state index in [1.165, 1.54) is 12.8 Å². The molecule has 0 aliphatic heterocycles. The SMILES string of the molecule is O=C(COc1ccccc1-c1ccccc1)NCC1CC1. The summed E-state index contributed by atoms with van der Waals surface area (Å²) < 4.78 is 5.69. The number of amides is 1. The molecule has 2 aromatic rings. The summed E-state index contributed by atoms with van der Waals surface area (Å²) in [7, 11) is 0. The van der Waals surface area contributed by atoms with Gasteiger partial charge < -0.3 is 10.1 Å². The highest BCUT2D eigenvalue weighted by molar-refractivity contribution is 5.78. The highest BCUT2D eigenvalue weighted by Gasteiger charge is 2.21. The molecule has 1 saturated carbocycles.